The maximum absolute atomic E-state index is 5.29. The Morgan fingerprint density at radius 3 is 2.47 bits per heavy atom. The topological polar surface area (TPSA) is 37.7 Å². The fourth-order valence-electron chi connectivity index (χ4n) is 3.47. The fourth-order valence-corrected chi connectivity index (χ4v) is 5.38. The molecule has 1 aliphatic rings. The van der Waals surface area contributed by atoms with Crippen LogP contribution in [0.4, 0.5) is 5.13 Å². The van der Waals surface area contributed by atoms with Gasteiger partial charge in [0.25, 0.3) is 0 Å². The van der Waals surface area contributed by atoms with E-state index in [-0.39, 0.29) is 6.04 Å². The summed E-state index contributed by atoms with van der Waals surface area (Å²) >= 11 is 6.89. The molecule has 0 amide bonds. The van der Waals surface area contributed by atoms with Gasteiger partial charge in [-0.2, -0.15) is 5.10 Å². The van der Waals surface area contributed by atoms with E-state index in [0.717, 1.165) is 44.3 Å². The number of hydrazone groups is 1. The van der Waals surface area contributed by atoms with Crippen molar-refractivity contribution in [2.75, 3.05) is 12.1 Å². The predicted octanol–water partition coefficient (Wildman–Crippen LogP) is 7.00. The van der Waals surface area contributed by atoms with Crippen LogP contribution in [-0.2, 0) is 0 Å². The molecule has 0 aliphatic carbocycles. The maximum atomic E-state index is 5.29. The van der Waals surface area contributed by atoms with Crippen LogP contribution in [0.25, 0.3) is 11.3 Å². The minimum absolute atomic E-state index is 0.158. The lowest BCUT2D eigenvalue weighted by atomic mass is 10.0. The van der Waals surface area contributed by atoms with Gasteiger partial charge in [0.1, 0.15) is 5.75 Å². The van der Waals surface area contributed by atoms with Gasteiger partial charge in [-0.05, 0) is 53.4 Å². The second kappa shape index (κ2) is 8.34. The highest BCUT2D eigenvalue weighted by molar-refractivity contribution is 9.10. The number of thiazole rings is 1. The van der Waals surface area contributed by atoms with Crippen LogP contribution in [0, 0.1) is 0 Å². The van der Waals surface area contributed by atoms with E-state index < -0.39 is 0 Å². The average Bonchev–Trinajstić information content (AvgIpc) is 3.54. The SMILES string of the molecule is COc1ccc(C2=NN(c3nc(-c4ccc(Br)cc4)cs3)C(c3cccs3)C2)cc1. The molecule has 1 unspecified atom stereocenters. The smallest absolute Gasteiger partial charge is 0.207 e. The minimum Gasteiger partial charge on any atom is -0.497 e. The number of aromatic nitrogens is 1. The zero-order valence-electron chi connectivity index (χ0n) is 16.2. The van der Waals surface area contributed by atoms with Crippen molar-refractivity contribution in [3.05, 3.63) is 86.3 Å². The van der Waals surface area contributed by atoms with E-state index in [1.54, 1.807) is 29.8 Å². The van der Waals surface area contributed by atoms with Gasteiger partial charge in [-0.15, -0.1) is 22.7 Å². The minimum atomic E-state index is 0.158. The van der Waals surface area contributed by atoms with Crippen LogP contribution >= 0.6 is 38.6 Å². The van der Waals surface area contributed by atoms with Crippen LogP contribution in [0.5, 0.6) is 5.75 Å². The Bertz CT molecular complexity index is 1170. The first-order chi connectivity index (χ1) is 14.7. The summed E-state index contributed by atoms with van der Waals surface area (Å²) in [6.45, 7) is 0. The molecule has 0 bridgehead atoms. The van der Waals surface area contributed by atoms with Crippen molar-refractivity contribution in [3.63, 3.8) is 0 Å². The summed E-state index contributed by atoms with van der Waals surface area (Å²) in [7, 11) is 1.68. The van der Waals surface area contributed by atoms with Crippen LogP contribution in [0.3, 0.4) is 0 Å². The quantitative estimate of drug-likeness (QED) is 0.299. The molecule has 4 aromatic rings. The van der Waals surface area contributed by atoms with Crippen LogP contribution in [0.15, 0.2) is 81.0 Å². The number of rotatable bonds is 5. The number of methoxy groups -OCH3 is 1. The van der Waals surface area contributed by atoms with Crippen LogP contribution in [0.2, 0.25) is 0 Å². The highest BCUT2D eigenvalue weighted by Gasteiger charge is 2.32. The maximum Gasteiger partial charge on any atom is 0.207 e. The lowest BCUT2D eigenvalue weighted by Crippen LogP contribution is -2.17. The summed E-state index contributed by atoms with van der Waals surface area (Å²) in [6.07, 6.45) is 0.847. The normalized spacial score (nSPS) is 16.0. The molecule has 3 heterocycles. The average molecular weight is 496 g/mol. The molecule has 2 aromatic heterocycles. The zero-order chi connectivity index (χ0) is 20.5. The number of thiophene rings is 1. The number of hydrogen-bond acceptors (Lipinski definition) is 6. The molecular weight excluding hydrogens is 478 g/mol. The van der Waals surface area contributed by atoms with E-state index in [9.17, 15) is 0 Å². The molecule has 30 heavy (non-hydrogen) atoms. The molecule has 7 heteroatoms. The van der Waals surface area contributed by atoms with Gasteiger partial charge in [-0.1, -0.05) is 34.1 Å². The third-order valence-corrected chi connectivity index (χ3v) is 7.37. The van der Waals surface area contributed by atoms with Crippen molar-refractivity contribution < 1.29 is 4.74 Å². The summed E-state index contributed by atoms with van der Waals surface area (Å²) in [5.74, 6) is 0.850. The van der Waals surface area contributed by atoms with Crippen molar-refractivity contribution in [2.45, 2.75) is 12.5 Å². The van der Waals surface area contributed by atoms with Gasteiger partial charge in [-0.3, -0.25) is 0 Å². The van der Waals surface area contributed by atoms with Gasteiger partial charge in [0, 0.05) is 26.7 Å². The Labute approximate surface area is 191 Å². The number of anilines is 1. The predicted molar refractivity (Wildman–Crippen MR) is 129 cm³/mol. The number of hydrogen-bond donors (Lipinski definition) is 0. The summed E-state index contributed by atoms with van der Waals surface area (Å²) < 4.78 is 6.36. The Hall–Kier alpha value is -2.48. The Kier molecular flexibility index (Phi) is 5.41. The van der Waals surface area contributed by atoms with Gasteiger partial charge in [-0.25, -0.2) is 9.99 Å². The van der Waals surface area contributed by atoms with E-state index in [2.05, 4.69) is 68.1 Å². The molecule has 0 N–H and O–H groups in total. The molecule has 1 aliphatic heterocycles. The van der Waals surface area contributed by atoms with Crippen molar-refractivity contribution in [1.82, 2.24) is 4.98 Å². The number of benzene rings is 2. The van der Waals surface area contributed by atoms with E-state index in [1.807, 2.05) is 24.3 Å². The second-order valence-corrected chi connectivity index (χ2v) is 9.61. The van der Waals surface area contributed by atoms with E-state index >= 15 is 0 Å². The third-order valence-electron chi connectivity index (χ3n) is 5.03. The summed E-state index contributed by atoms with van der Waals surface area (Å²) in [5, 5.41) is 12.2. The highest BCUT2D eigenvalue weighted by Crippen LogP contribution is 2.40. The first-order valence-corrected chi connectivity index (χ1v) is 12.0. The number of halogens is 1. The highest BCUT2D eigenvalue weighted by atomic mass is 79.9. The second-order valence-electron chi connectivity index (χ2n) is 6.88. The summed E-state index contributed by atoms with van der Waals surface area (Å²) in [5.41, 5.74) is 4.26. The number of ether oxygens (including phenoxy) is 1. The Morgan fingerprint density at radius 1 is 1.00 bits per heavy atom. The van der Waals surface area contributed by atoms with Crippen LogP contribution in [-0.4, -0.2) is 17.8 Å². The van der Waals surface area contributed by atoms with Crippen LogP contribution < -0.4 is 9.75 Å². The molecular formula is C23H18BrN3OS2. The van der Waals surface area contributed by atoms with E-state index in [0.29, 0.717) is 0 Å². The molecule has 5 rings (SSSR count). The van der Waals surface area contributed by atoms with E-state index in [4.69, 9.17) is 14.8 Å². The lowest BCUT2D eigenvalue weighted by Gasteiger charge is -2.19. The molecule has 0 saturated heterocycles. The van der Waals surface area contributed by atoms with Crippen molar-refractivity contribution >= 4 is 49.4 Å². The van der Waals surface area contributed by atoms with Gasteiger partial charge < -0.3 is 4.74 Å². The largest absolute Gasteiger partial charge is 0.497 e. The van der Waals surface area contributed by atoms with Gasteiger partial charge in [0.05, 0.1) is 24.6 Å². The monoisotopic (exact) mass is 495 g/mol. The molecule has 2 aromatic carbocycles. The van der Waals surface area contributed by atoms with E-state index in [1.165, 1.54) is 4.88 Å². The van der Waals surface area contributed by atoms with Crippen molar-refractivity contribution in [2.24, 2.45) is 5.10 Å². The first kappa shape index (κ1) is 19.5. The van der Waals surface area contributed by atoms with Gasteiger partial charge in [0.2, 0.25) is 5.13 Å². The first-order valence-electron chi connectivity index (χ1n) is 9.47. The molecule has 0 spiro atoms. The number of nitrogens with zero attached hydrogens (tertiary/aromatic N) is 3. The molecule has 0 radical (unpaired) electrons. The summed E-state index contributed by atoms with van der Waals surface area (Å²) in [6, 6.07) is 20.8. The van der Waals surface area contributed by atoms with Crippen LogP contribution in [0.1, 0.15) is 22.9 Å². The van der Waals surface area contributed by atoms with Gasteiger partial charge >= 0.3 is 0 Å². The van der Waals surface area contributed by atoms with Crippen molar-refractivity contribution in [1.29, 1.82) is 0 Å². The molecule has 1 atom stereocenters. The summed E-state index contributed by atoms with van der Waals surface area (Å²) in [4.78, 5) is 6.21. The van der Waals surface area contributed by atoms with Gasteiger partial charge in [0.15, 0.2) is 0 Å². The Morgan fingerprint density at radius 2 is 1.77 bits per heavy atom. The molecule has 0 fully saturated rings. The Balaban J connectivity index is 1.50. The third kappa shape index (κ3) is 3.80. The molecule has 150 valence electrons. The van der Waals surface area contributed by atoms with Crippen molar-refractivity contribution in [3.8, 4) is 17.0 Å². The zero-order valence-corrected chi connectivity index (χ0v) is 19.4. The molecule has 4 nitrogen and oxygen atoms in total. The lowest BCUT2D eigenvalue weighted by molar-refractivity contribution is 0.415. The molecule has 0 saturated carbocycles. The standard InChI is InChI=1S/C23H18BrN3OS2/c1-28-18-10-6-15(7-11-18)19-13-21(22-3-2-12-29-22)27(26-19)23-25-20(14-30-23)16-4-8-17(24)9-5-16/h2-12,14,21H,13H2,1H3. The fraction of sp³-hybridized carbons (Fsp3) is 0.130.